The molecule has 0 aliphatic heterocycles. The maximum absolute atomic E-state index is 11.9. The Balaban J connectivity index is 2.44. The highest BCUT2D eigenvalue weighted by Gasteiger charge is 2.13. The van der Waals surface area contributed by atoms with Crippen LogP contribution in [0.3, 0.4) is 0 Å². The van der Waals surface area contributed by atoms with Crippen molar-refractivity contribution in [2.24, 2.45) is 0 Å². The summed E-state index contributed by atoms with van der Waals surface area (Å²) < 4.78 is 10.6. The molecule has 1 N–H and O–H groups in total. The summed E-state index contributed by atoms with van der Waals surface area (Å²) in [5.74, 6) is -1.13. The number of carbonyl (C=O) groups excluding carboxylic acids is 2. The van der Waals surface area contributed by atoms with Crippen molar-refractivity contribution >= 4 is 40.2 Å². The highest BCUT2D eigenvalue weighted by atomic mass is 127. The van der Waals surface area contributed by atoms with Gasteiger partial charge in [0.1, 0.15) is 19.3 Å². The second-order valence-corrected chi connectivity index (χ2v) is 5.68. The Morgan fingerprint density at radius 2 is 1.83 bits per heavy atom. The average Bonchev–Trinajstić information content (AvgIpc) is 2.56. The molecular weight excluding hydrogens is 413 g/mol. The Kier molecular flexibility index (Phi) is 8.04. The zero-order valence-corrected chi connectivity index (χ0v) is 15.3. The second-order valence-electron chi connectivity index (χ2n) is 5.00. The second kappa shape index (κ2) is 9.51. The van der Waals surface area contributed by atoms with E-state index in [2.05, 4.69) is 29.2 Å². The number of nitrogens with zero attached hydrogens (tertiary/aromatic N) is 1. The lowest BCUT2D eigenvalue weighted by atomic mass is 10.2. The van der Waals surface area contributed by atoms with Crippen molar-refractivity contribution in [2.75, 3.05) is 29.7 Å². The first-order valence-corrected chi connectivity index (χ1v) is 8.42. The van der Waals surface area contributed by atoms with E-state index >= 15 is 0 Å². The molecular formula is C16H20INO5. The normalized spacial score (nSPS) is 11.5. The molecule has 1 atom stereocenters. The molecule has 0 aliphatic rings. The maximum Gasteiger partial charge on any atom is 0.338 e. The molecule has 0 aliphatic carbocycles. The van der Waals surface area contributed by atoms with Crippen molar-refractivity contribution in [2.45, 2.75) is 13.0 Å². The Hall–Kier alpha value is -1.61. The van der Waals surface area contributed by atoms with Crippen LogP contribution in [0.4, 0.5) is 5.69 Å². The number of alkyl halides is 1. The van der Waals surface area contributed by atoms with Crippen molar-refractivity contribution in [3.05, 3.63) is 42.0 Å². The van der Waals surface area contributed by atoms with Crippen LogP contribution in [0.5, 0.6) is 0 Å². The number of benzene rings is 1. The third kappa shape index (κ3) is 6.57. The van der Waals surface area contributed by atoms with Crippen LogP contribution in [-0.4, -0.2) is 48.0 Å². The van der Waals surface area contributed by atoms with E-state index in [0.717, 1.165) is 10.2 Å². The van der Waals surface area contributed by atoms with E-state index in [1.807, 2.05) is 24.1 Å². The summed E-state index contributed by atoms with van der Waals surface area (Å²) in [6, 6.07) is 6.96. The fourth-order valence-corrected chi connectivity index (χ4v) is 1.91. The van der Waals surface area contributed by atoms with Gasteiger partial charge in [-0.25, -0.2) is 9.59 Å². The molecule has 0 fully saturated rings. The average molecular weight is 433 g/mol. The first kappa shape index (κ1) is 19.4. The summed E-state index contributed by atoms with van der Waals surface area (Å²) in [6.45, 7) is 4.43. The number of hydrogen-bond donors (Lipinski definition) is 1. The van der Waals surface area contributed by atoms with Crippen molar-refractivity contribution in [3.8, 4) is 0 Å². The molecule has 0 heterocycles. The zero-order chi connectivity index (χ0) is 17.4. The molecule has 0 amide bonds. The molecule has 1 rings (SSSR count). The summed E-state index contributed by atoms with van der Waals surface area (Å²) in [6.07, 6.45) is -1.08. The third-order valence-corrected chi connectivity index (χ3v) is 3.91. The number of aliphatic hydroxyl groups is 1. The van der Waals surface area contributed by atoms with Gasteiger partial charge in [0.15, 0.2) is 0 Å². The van der Waals surface area contributed by atoms with E-state index in [0.29, 0.717) is 5.56 Å². The predicted molar refractivity (Wildman–Crippen MR) is 95.8 cm³/mol. The lowest BCUT2D eigenvalue weighted by molar-refractivity contribution is -0.142. The van der Waals surface area contributed by atoms with E-state index < -0.39 is 18.0 Å². The molecule has 0 saturated carbocycles. The highest BCUT2D eigenvalue weighted by molar-refractivity contribution is 14.1. The van der Waals surface area contributed by atoms with Crippen LogP contribution in [0.2, 0.25) is 0 Å². The van der Waals surface area contributed by atoms with E-state index in [-0.39, 0.29) is 18.8 Å². The van der Waals surface area contributed by atoms with Crippen molar-refractivity contribution in [1.82, 2.24) is 0 Å². The number of halogens is 1. The first-order chi connectivity index (χ1) is 10.8. The minimum atomic E-state index is -1.08. The van der Waals surface area contributed by atoms with Gasteiger partial charge < -0.3 is 19.5 Å². The fraction of sp³-hybridized carbons (Fsp3) is 0.375. The van der Waals surface area contributed by atoms with E-state index in [4.69, 9.17) is 9.47 Å². The largest absolute Gasteiger partial charge is 0.459 e. The lowest BCUT2D eigenvalue weighted by Crippen LogP contribution is -2.25. The van der Waals surface area contributed by atoms with Crippen LogP contribution in [0.1, 0.15) is 17.3 Å². The quantitative estimate of drug-likeness (QED) is 0.223. The van der Waals surface area contributed by atoms with E-state index in [9.17, 15) is 14.7 Å². The summed E-state index contributed by atoms with van der Waals surface area (Å²) >= 11 is 2.24. The molecule has 1 unspecified atom stereocenters. The predicted octanol–water partition coefficient (Wildman–Crippen LogP) is 2.15. The Morgan fingerprint density at radius 1 is 1.26 bits per heavy atom. The third-order valence-electron chi connectivity index (χ3n) is 2.89. The number of carbonyl (C=O) groups is 2. The minimum absolute atomic E-state index is 0.241. The van der Waals surface area contributed by atoms with Crippen LogP contribution in [0.15, 0.2) is 36.4 Å². The molecule has 126 valence electrons. The van der Waals surface area contributed by atoms with Gasteiger partial charge in [-0.15, -0.1) is 0 Å². The molecule has 7 heteroatoms. The monoisotopic (exact) mass is 433 g/mol. The van der Waals surface area contributed by atoms with E-state index in [1.54, 1.807) is 12.1 Å². The summed E-state index contributed by atoms with van der Waals surface area (Å²) in [5.41, 5.74) is 1.62. The Labute approximate surface area is 149 Å². The van der Waals surface area contributed by atoms with Gasteiger partial charge in [0, 0.05) is 18.3 Å². The van der Waals surface area contributed by atoms with Gasteiger partial charge in [-0.05, 0) is 31.2 Å². The van der Waals surface area contributed by atoms with Crippen LogP contribution in [-0.2, 0) is 14.3 Å². The maximum atomic E-state index is 11.9. The van der Waals surface area contributed by atoms with Gasteiger partial charge in [0.2, 0.25) is 0 Å². The summed E-state index contributed by atoms with van der Waals surface area (Å²) in [5, 5.41) is 9.63. The lowest BCUT2D eigenvalue weighted by Gasteiger charge is -2.16. The van der Waals surface area contributed by atoms with Crippen molar-refractivity contribution in [3.63, 3.8) is 0 Å². The number of hydrogen-bond acceptors (Lipinski definition) is 6. The molecule has 0 aromatic heterocycles. The first-order valence-electron chi connectivity index (χ1n) is 6.90. The number of esters is 2. The Morgan fingerprint density at radius 3 is 2.35 bits per heavy atom. The molecule has 0 saturated heterocycles. The van der Waals surface area contributed by atoms with Crippen LogP contribution >= 0.6 is 22.6 Å². The molecule has 1 aromatic carbocycles. The van der Waals surface area contributed by atoms with Gasteiger partial charge >= 0.3 is 11.9 Å². The SMILES string of the molecule is C=C(C)C(=O)OCC(O)COC(=O)c1ccc(N(C)CI)cc1. The summed E-state index contributed by atoms with van der Waals surface area (Å²) in [4.78, 5) is 25.1. The van der Waals surface area contributed by atoms with Crippen LogP contribution in [0.25, 0.3) is 0 Å². The smallest absolute Gasteiger partial charge is 0.338 e. The highest BCUT2D eigenvalue weighted by Crippen LogP contribution is 2.15. The van der Waals surface area contributed by atoms with Crippen molar-refractivity contribution in [1.29, 1.82) is 0 Å². The summed E-state index contributed by atoms with van der Waals surface area (Å²) in [7, 11) is 1.95. The van der Waals surface area contributed by atoms with Crippen LogP contribution in [0, 0.1) is 0 Å². The zero-order valence-electron chi connectivity index (χ0n) is 13.1. The Bertz CT molecular complexity index is 558. The molecule has 0 bridgehead atoms. The molecule has 0 radical (unpaired) electrons. The number of ether oxygens (including phenoxy) is 2. The number of aliphatic hydroxyl groups excluding tert-OH is 1. The van der Waals surface area contributed by atoms with Gasteiger partial charge in [-0.3, -0.25) is 0 Å². The standard InChI is InChI=1S/C16H20INO5/c1-11(2)15(20)22-8-14(19)9-23-16(21)12-4-6-13(7-5-12)18(3)10-17/h4-7,14,19H,1,8-10H2,2-3H3. The minimum Gasteiger partial charge on any atom is -0.459 e. The molecule has 6 nitrogen and oxygen atoms in total. The fourth-order valence-electron chi connectivity index (χ4n) is 1.52. The van der Waals surface area contributed by atoms with Gasteiger partial charge in [0.25, 0.3) is 0 Å². The topological polar surface area (TPSA) is 76.1 Å². The van der Waals surface area contributed by atoms with Gasteiger partial charge in [-0.1, -0.05) is 29.2 Å². The van der Waals surface area contributed by atoms with Gasteiger partial charge in [-0.2, -0.15) is 0 Å². The van der Waals surface area contributed by atoms with Crippen LogP contribution < -0.4 is 4.90 Å². The molecule has 1 aromatic rings. The molecule has 0 spiro atoms. The van der Waals surface area contributed by atoms with E-state index in [1.165, 1.54) is 6.92 Å². The number of rotatable bonds is 8. The number of anilines is 1. The van der Waals surface area contributed by atoms with Crippen molar-refractivity contribution < 1.29 is 24.2 Å². The van der Waals surface area contributed by atoms with Gasteiger partial charge in [0.05, 0.1) is 10.1 Å². The molecule has 23 heavy (non-hydrogen) atoms.